The summed E-state index contributed by atoms with van der Waals surface area (Å²) in [5.74, 6) is -0.942. The van der Waals surface area contributed by atoms with Crippen LogP contribution < -0.4 is 5.73 Å². The predicted octanol–water partition coefficient (Wildman–Crippen LogP) is 3.43. The molecule has 0 bridgehead atoms. The van der Waals surface area contributed by atoms with E-state index in [4.69, 9.17) is 10.8 Å². The van der Waals surface area contributed by atoms with Crippen LogP contribution >= 0.6 is 15.9 Å². The molecule has 0 aliphatic rings. The number of alkyl halides is 1. The van der Waals surface area contributed by atoms with Gasteiger partial charge in [0.15, 0.2) is 0 Å². The SMILES string of the molecule is CCCC(Br)CC(C)(N)C(=O)O.c1ccccc1. The Bertz CT molecular complexity index is 301. The molecule has 0 saturated carbocycles. The molecule has 18 heavy (non-hydrogen) atoms. The molecule has 2 unspecified atom stereocenters. The lowest BCUT2D eigenvalue weighted by molar-refractivity contribution is -0.142. The Balaban J connectivity index is 0.000000397. The van der Waals surface area contributed by atoms with Crippen LogP contribution in [0.25, 0.3) is 0 Å². The molecule has 102 valence electrons. The first-order valence-electron chi connectivity index (χ1n) is 6.06. The second kappa shape index (κ2) is 9.11. The summed E-state index contributed by atoms with van der Waals surface area (Å²) in [6.07, 6.45) is 2.46. The molecule has 1 rings (SSSR count). The summed E-state index contributed by atoms with van der Waals surface area (Å²) in [5, 5.41) is 8.71. The van der Waals surface area contributed by atoms with Crippen LogP contribution in [0, 0.1) is 0 Å². The summed E-state index contributed by atoms with van der Waals surface area (Å²) in [6, 6.07) is 12.0. The molecule has 0 amide bonds. The van der Waals surface area contributed by atoms with Gasteiger partial charge in [-0.3, -0.25) is 4.79 Å². The highest BCUT2D eigenvalue weighted by molar-refractivity contribution is 9.09. The molecular weight excluding hydrogens is 294 g/mol. The maximum Gasteiger partial charge on any atom is 0.323 e. The minimum atomic E-state index is -1.11. The predicted molar refractivity (Wildman–Crippen MR) is 78.9 cm³/mol. The summed E-state index contributed by atoms with van der Waals surface area (Å²) in [5.41, 5.74) is 4.45. The van der Waals surface area contributed by atoms with E-state index in [-0.39, 0.29) is 4.83 Å². The van der Waals surface area contributed by atoms with Gasteiger partial charge < -0.3 is 10.8 Å². The van der Waals surface area contributed by atoms with Crippen LogP contribution in [0.1, 0.15) is 33.1 Å². The molecule has 0 saturated heterocycles. The van der Waals surface area contributed by atoms with Crippen LogP contribution in [0.3, 0.4) is 0 Å². The van der Waals surface area contributed by atoms with Gasteiger partial charge in [-0.25, -0.2) is 0 Å². The molecule has 3 N–H and O–H groups in total. The first-order chi connectivity index (χ1) is 8.40. The normalized spacial score (nSPS) is 14.9. The topological polar surface area (TPSA) is 63.3 Å². The van der Waals surface area contributed by atoms with Crippen molar-refractivity contribution >= 4 is 21.9 Å². The average molecular weight is 316 g/mol. The number of nitrogens with two attached hydrogens (primary N) is 1. The van der Waals surface area contributed by atoms with Crippen molar-refractivity contribution in [1.29, 1.82) is 0 Å². The smallest absolute Gasteiger partial charge is 0.323 e. The summed E-state index contributed by atoms with van der Waals surface area (Å²) in [6.45, 7) is 3.60. The molecule has 0 spiro atoms. The number of carboxylic acids is 1. The van der Waals surface area contributed by atoms with Crippen LogP contribution in [0.2, 0.25) is 0 Å². The lowest BCUT2D eigenvalue weighted by Crippen LogP contribution is -2.46. The van der Waals surface area contributed by atoms with E-state index in [2.05, 4.69) is 22.9 Å². The molecule has 1 aromatic rings. The fraction of sp³-hybridized carbons (Fsp3) is 0.500. The van der Waals surface area contributed by atoms with Gasteiger partial charge in [0.1, 0.15) is 5.54 Å². The third kappa shape index (κ3) is 8.25. The Morgan fingerprint density at radius 3 is 1.94 bits per heavy atom. The van der Waals surface area contributed by atoms with Crippen molar-refractivity contribution in [2.24, 2.45) is 5.73 Å². The number of hydrogen-bond acceptors (Lipinski definition) is 2. The number of rotatable bonds is 5. The number of hydrogen-bond donors (Lipinski definition) is 2. The van der Waals surface area contributed by atoms with Crippen molar-refractivity contribution in [1.82, 2.24) is 0 Å². The van der Waals surface area contributed by atoms with Crippen molar-refractivity contribution < 1.29 is 9.90 Å². The highest BCUT2D eigenvalue weighted by Gasteiger charge is 2.29. The fourth-order valence-corrected chi connectivity index (χ4v) is 2.48. The Morgan fingerprint density at radius 2 is 1.67 bits per heavy atom. The largest absolute Gasteiger partial charge is 0.480 e. The molecular formula is C14H22BrNO2. The van der Waals surface area contributed by atoms with Crippen molar-refractivity contribution in [3.63, 3.8) is 0 Å². The quantitative estimate of drug-likeness (QED) is 0.818. The van der Waals surface area contributed by atoms with Gasteiger partial charge in [-0.15, -0.1) is 0 Å². The van der Waals surface area contributed by atoms with E-state index in [1.165, 1.54) is 0 Å². The number of halogens is 1. The third-order valence-corrected chi connectivity index (χ3v) is 3.18. The van der Waals surface area contributed by atoms with Gasteiger partial charge in [0, 0.05) is 4.83 Å². The van der Waals surface area contributed by atoms with Gasteiger partial charge in [-0.2, -0.15) is 0 Å². The number of aliphatic carboxylic acids is 1. The van der Waals surface area contributed by atoms with Crippen LogP contribution in [0.5, 0.6) is 0 Å². The lowest BCUT2D eigenvalue weighted by atomic mass is 9.96. The molecule has 0 radical (unpaired) electrons. The fourth-order valence-electron chi connectivity index (χ4n) is 1.35. The number of benzene rings is 1. The van der Waals surface area contributed by atoms with Crippen molar-refractivity contribution in [2.75, 3.05) is 0 Å². The van der Waals surface area contributed by atoms with E-state index in [1.54, 1.807) is 6.92 Å². The maximum atomic E-state index is 10.6. The third-order valence-electron chi connectivity index (χ3n) is 2.40. The van der Waals surface area contributed by atoms with Crippen LogP contribution in [0.15, 0.2) is 36.4 Å². The van der Waals surface area contributed by atoms with Crippen LogP contribution in [-0.4, -0.2) is 21.4 Å². The highest BCUT2D eigenvalue weighted by atomic mass is 79.9. The highest BCUT2D eigenvalue weighted by Crippen LogP contribution is 2.19. The zero-order chi connectivity index (χ0) is 14.0. The molecule has 1 aromatic carbocycles. The summed E-state index contributed by atoms with van der Waals surface area (Å²) in [7, 11) is 0. The molecule has 0 aromatic heterocycles. The standard InChI is InChI=1S/C8H16BrNO2.C6H6/c1-3-4-6(9)5-8(2,10)7(11)12;1-2-4-6-5-3-1/h6H,3-5,10H2,1-2H3,(H,11,12);1-6H. The minimum absolute atomic E-state index is 0.202. The first kappa shape index (κ1) is 17.1. The second-order valence-electron chi connectivity index (χ2n) is 4.47. The Labute approximate surface area is 118 Å². The van der Waals surface area contributed by atoms with E-state index in [0.717, 1.165) is 12.8 Å². The van der Waals surface area contributed by atoms with Crippen molar-refractivity contribution in [2.45, 2.75) is 43.5 Å². The Hall–Kier alpha value is -0.870. The molecule has 0 heterocycles. The van der Waals surface area contributed by atoms with Crippen LogP contribution in [0.4, 0.5) is 0 Å². The van der Waals surface area contributed by atoms with Gasteiger partial charge in [-0.1, -0.05) is 65.7 Å². The Morgan fingerprint density at radius 1 is 1.28 bits per heavy atom. The molecule has 4 heteroatoms. The lowest BCUT2D eigenvalue weighted by Gasteiger charge is -2.21. The molecule has 0 aliphatic carbocycles. The molecule has 3 nitrogen and oxygen atoms in total. The van der Waals surface area contributed by atoms with Gasteiger partial charge in [0.2, 0.25) is 0 Å². The van der Waals surface area contributed by atoms with Gasteiger partial charge in [0.05, 0.1) is 0 Å². The molecule has 0 aliphatic heterocycles. The summed E-state index contributed by atoms with van der Waals surface area (Å²) < 4.78 is 0. The average Bonchev–Trinajstić information content (AvgIpc) is 2.31. The van der Waals surface area contributed by atoms with Crippen LogP contribution in [-0.2, 0) is 4.79 Å². The van der Waals surface area contributed by atoms with E-state index >= 15 is 0 Å². The van der Waals surface area contributed by atoms with E-state index < -0.39 is 11.5 Å². The van der Waals surface area contributed by atoms with E-state index in [0.29, 0.717) is 6.42 Å². The van der Waals surface area contributed by atoms with Gasteiger partial charge in [-0.05, 0) is 19.8 Å². The second-order valence-corrected chi connectivity index (χ2v) is 5.76. The monoisotopic (exact) mass is 315 g/mol. The van der Waals surface area contributed by atoms with Gasteiger partial charge >= 0.3 is 5.97 Å². The van der Waals surface area contributed by atoms with Crippen molar-refractivity contribution in [3.8, 4) is 0 Å². The maximum absolute atomic E-state index is 10.6. The summed E-state index contributed by atoms with van der Waals surface area (Å²) in [4.78, 5) is 10.8. The number of carbonyl (C=O) groups is 1. The summed E-state index contributed by atoms with van der Waals surface area (Å²) >= 11 is 3.40. The zero-order valence-electron chi connectivity index (χ0n) is 11.0. The molecule has 0 fully saturated rings. The molecule has 2 atom stereocenters. The minimum Gasteiger partial charge on any atom is -0.480 e. The van der Waals surface area contributed by atoms with Gasteiger partial charge in [0.25, 0.3) is 0 Å². The Kier molecular flexibility index (Phi) is 8.67. The first-order valence-corrected chi connectivity index (χ1v) is 6.98. The number of carboxylic acid groups (broad SMARTS) is 1. The zero-order valence-corrected chi connectivity index (χ0v) is 12.6. The van der Waals surface area contributed by atoms with Crippen molar-refractivity contribution in [3.05, 3.63) is 36.4 Å². The van der Waals surface area contributed by atoms with E-state index in [9.17, 15) is 4.79 Å². The van der Waals surface area contributed by atoms with E-state index in [1.807, 2.05) is 36.4 Å².